The van der Waals surface area contributed by atoms with Gasteiger partial charge < -0.3 is 9.64 Å². The number of carbonyl (C=O) groups is 2. The van der Waals surface area contributed by atoms with Crippen molar-refractivity contribution in [3.63, 3.8) is 0 Å². The summed E-state index contributed by atoms with van der Waals surface area (Å²) in [5.41, 5.74) is 4.04. The van der Waals surface area contributed by atoms with Crippen molar-refractivity contribution in [2.75, 3.05) is 20.2 Å². The molecule has 0 bridgehead atoms. The molecule has 1 aromatic carbocycles. The van der Waals surface area contributed by atoms with Gasteiger partial charge in [0.25, 0.3) is 5.91 Å². The van der Waals surface area contributed by atoms with Gasteiger partial charge in [-0.05, 0) is 48.7 Å². The summed E-state index contributed by atoms with van der Waals surface area (Å²) in [7, 11) is 1.57. The molecule has 7 heteroatoms. The Morgan fingerprint density at radius 1 is 1.22 bits per heavy atom. The van der Waals surface area contributed by atoms with Gasteiger partial charge in [0.15, 0.2) is 0 Å². The first-order valence-corrected chi connectivity index (χ1v) is 8.83. The molecule has 140 valence electrons. The monoisotopic (exact) mass is 366 g/mol. The number of hydrazone groups is 1. The van der Waals surface area contributed by atoms with Gasteiger partial charge in [0, 0.05) is 37.0 Å². The van der Waals surface area contributed by atoms with E-state index in [1.54, 1.807) is 67.0 Å². The van der Waals surface area contributed by atoms with Gasteiger partial charge in [0.2, 0.25) is 5.91 Å². The zero-order valence-corrected chi connectivity index (χ0v) is 15.2. The van der Waals surface area contributed by atoms with Crippen LogP contribution in [0.3, 0.4) is 0 Å². The summed E-state index contributed by atoms with van der Waals surface area (Å²) in [5, 5.41) is 3.99. The summed E-state index contributed by atoms with van der Waals surface area (Å²) in [4.78, 5) is 30.6. The molecule has 0 aliphatic carbocycles. The lowest BCUT2D eigenvalue weighted by molar-refractivity contribution is -0.126. The van der Waals surface area contributed by atoms with Gasteiger partial charge >= 0.3 is 0 Å². The molecule has 2 amide bonds. The van der Waals surface area contributed by atoms with E-state index in [-0.39, 0.29) is 17.7 Å². The van der Waals surface area contributed by atoms with Gasteiger partial charge in [-0.15, -0.1) is 0 Å². The number of likely N-dealkylation sites (tertiary alicyclic amines) is 1. The number of benzene rings is 1. The van der Waals surface area contributed by atoms with Crippen LogP contribution in [0.15, 0.2) is 53.9 Å². The molecule has 2 heterocycles. The number of nitrogens with zero attached hydrogens (tertiary/aromatic N) is 3. The Kier molecular flexibility index (Phi) is 6.14. The van der Waals surface area contributed by atoms with Crippen molar-refractivity contribution in [3.8, 4) is 5.75 Å². The topological polar surface area (TPSA) is 83.9 Å². The van der Waals surface area contributed by atoms with Crippen molar-refractivity contribution >= 4 is 18.0 Å². The van der Waals surface area contributed by atoms with Crippen molar-refractivity contribution in [1.29, 1.82) is 0 Å². The molecule has 0 spiro atoms. The Morgan fingerprint density at radius 3 is 2.67 bits per heavy atom. The van der Waals surface area contributed by atoms with Gasteiger partial charge in [0.1, 0.15) is 5.75 Å². The van der Waals surface area contributed by atoms with E-state index in [0.717, 1.165) is 5.56 Å². The van der Waals surface area contributed by atoms with Gasteiger partial charge in [-0.2, -0.15) is 5.10 Å². The Hall–Kier alpha value is -3.22. The highest BCUT2D eigenvalue weighted by Gasteiger charge is 2.27. The van der Waals surface area contributed by atoms with E-state index in [4.69, 9.17) is 4.74 Å². The average molecular weight is 366 g/mol. The Labute approximate surface area is 158 Å². The van der Waals surface area contributed by atoms with E-state index in [1.807, 2.05) is 0 Å². The van der Waals surface area contributed by atoms with Crippen LogP contribution in [0, 0.1) is 5.92 Å². The van der Waals surface area contributed by atoms with Crippen LogP contribution >= 0.6 is 0 Å². The van der Waals surface area contributed by atoms with Gasteiger partial charge in [-0.3, -0.25) is 14.6 Å². The zero-order chi connectivity index (χ0) is 19.1. The lowest BCUT2D eigenvalue weighted by Gasteiger charge is -2.31. The highest BCUT2D eigenvalue weighted by atomic mass is 16.5. The maximum Gasteiger partial charge on any atom is 0.253 e. The molecule has 0 radical (unpaired) electrons. The fraction of sp³-hybridized carbons (Fsp3) is 0.300. The van der Waals surface area contributed by atoms with Crippen molar-refractivity contribution < 1.29 is 14.3 Å². The molecule has 27 heavy (non-hydrogen) atoms. The predicted octanol–water partition coefficient (Wildman–Crippen LogP) is 2.09. The number of carbonyl (C=O) groups excluding carboxylic acids is 2. The van der Waals surface area contributed by atoms with Crippen molar-refractivity contribution in [2.45, 2.75) is 12.8 Å². The lowest BCUT2D eigenvalue weighted by Crippen LogP contribution is -2.42. The molecule has 1 fully saturated rings. The minimum Gasteiger partial charge on any atom is -0.497 e. The first-order valence-electron chi connectivity index (χ1n) is 8.83. The molecule has 3 rings (SSSR count). The van der Waals surface area contributed by atoms with Crippen molar-refractivity contribution in [3.05, 3.63) is 59.9 Å². The van der Waals surface area contributed by atoms with Crippen LogP contribution in [-0.4, -0.2) is 48.1 Å². The second-order valence-corrected chi connectivity index (χ2v) is 6.31. The number of hydrogen-bond donors (Lipinski definition) is 1. The number of aromatic nitrogens is 1. The summed E-state index contributed by atoms with van der Waals surface area (Å²) in [6.45, 7) is 1.09. The molecule has 1 saturated heterocycles. The normalized spacial score (nSPS) is 14.9. The summed E-state index contributed by atoms with van der Waals surface area (Å²) in [5.74, 6) is 0.355. The van der Waals surface area contributed by atoms with Crippen LogP contribution in [0.25, 0.3) is 0 Å². The van der Waals surface area contributed by atoms with Crippen LogP contribution in [0.5, 0.6) is 5.75 Å². The molecule has 7 nitrogen and oxygen atoms in total. The molecule has 0 atom stereocenters. The maximum absolute atomic E-state index is 12.6. The molecule has 1 N–H and O–H groups in total. The Balaban J connectivity index is 1.50. The van der Waals surface area contributed by atoms with E-state index < -0.39 is 0 Å². The fourth-order valence-corrected chi connectivity index (χ4v) is 2.99. The van der Waals surface area contributed by atoms with E-state index in [2.05, 4.69) is 15.5 Å². The van der Waals surface area contributed by atoms with Crippen LogP contribution < -0.4 is 10.2 Å². The quantitative estimate of drug-likeness (QED) is 0.649. The molecule has 1 aromatic heterocycles. The minimum atomic E-state index is -0.144. The summed E-state index contributed by atoms with van der Waals surface area (Å²) in [6.07, 6.45) is 6.15. The van der Waals surface area contributed by atoms with Gasteiger partial charge in [-0.25, -0.2) is 5.43 Å². The maximum atomic E-state index is 12.6. The minimum absolute atomic E-state index is 0.0385. The number of ether oxygens (including phenoxy) is 1. The molecule has 1 aliphatic heterocycles. The van der Waals surface area contributed by atoms with Crippen LogP contribution in [0.2, 0.25) is 0 Å². The first kappa shape index (κ1) is 18.6. The van der Waals surface area contributed by atoms with Gasteiger partial charge in [-0.1, -0.05) is 6.07 Å². The third-order valence-corrected chi connectivity index (χ3v) is 4.56. The van der Waals surface area contributed by atoms with E-state index in [1.165, 1.54) is 0 Å². The number of piperidine rings is 1. The second kappa shape index (κ2) is 8.93. The van der Waals surface area contributed by atoms with Crippen molar-refractivity contribution in [2.24, 2.45) is 11.0 Å². The van der Waals surface area contributed by atoms with Crippen LogP contribution in [0.4, 0.5) is 0 Å². The number of amides is 2. The molecular formula is C20H22N4O3. The largest absolute Gasteiger partial charge is 0.497 e. The molecule has 1 aliphatic rings. The van der Waals surface area contributed by atoms with Crippen LogP contribution in [-0.2, 0) is 4.79 Å². The number of nitrogens with one attached hydrogen (secondary N) is 1. The number of rotatable bonds is 5. The fourth-order valence-electron chi connectivity index (χ4n) is 2.99. The standard InChI is InChI=1S/C20H22N4O3/c1-27-18-4-2-3-17(13-18)20(26)24-11-7-16(8-12-24)19(25)23-22-14-15-5-9-21-10-6-15/h2-6,9-10,13-14,16H,7-8,11-12H2,1H3,(H,23,25)/b22-14-. The highest BCUT2D eigenvalue weighted by molar-refractivity contribution is 5.94. The Bertz CT molecular complexity index is 815. The van der Waals surface area contributed by atoms with Crippen molar-refractivity contribution in [1.82, 2.24) is 15.3 Å². The molecule has 0 saturated carbocycles. The summed E-state index contributed by atoms with van der Waals surface area (Å²) in [6, 6.07) is 10.7. The smallest absolute Gasteiger partial charge is 0.253 e. The number of methoxy groups -OCH3 is 1. The van der Waals surface area contributed by atoms with Gasteiger partial charge in [0.05, 0.1) is 13.3 Å². The van der Waals surface area contributed by atoms with E-state index >= 15 is 0 Å². The Morgan fingerprint density at radius 2 is 1.96 bits per heavy atom. The lowest BCUT2D eigenvalue weighted by atomic mass is 9.95. The van der Waals surface area contributed by atoms with E-state index in [9.17, 15) is 9.59 Å². The third-order valence-electron chi connectivity index (χ3n) is 4.56. The van der Waals surface area contributed by atoms with E-state index in [0.29, 0.717) is 37.2 Å². The second-order valence-electron chi connectivity index (χ2n) is 6.31. The van der Waals surface area contributed by atoms with Crippen LogP contribution in [0.1, 0.15) is 28.8 Å². The molecular weight excluding hydrogens is 344 g/mol. The number of pyridine rings is 1. The SMILES string of the molecule is COc1cccc(C(=O)N2CCC(C(=O)N/N=C\c3ccncc3)CC2)c1. The zero-order valence-electron chi connectivity index (χ0n) is 15.2. The predicted molar refractivity (Wildman–Crippen MR) is 102 cm³/mol. The number of hydrogen-bond acceptors (Lipinski definition) is 5. The first-order chi connectivity index (χ1) is 13.2. The molecule has 2 aromatic rings. The third kappa shape index (κ3) is 4.91. The summed E-state index contributed by atoms with van der Waals surface area (Å²) < 4.78 is 5.17. The average Bonchev–Trinajstić information content (AvgIpc) is 2.74. The summed E-state index contributed by atoms with van der Waals surface area (Å²) >= 11 is 0. The molecule has 0 unspecified atom stereocenters. The highest BCUT2D eigenvalue weighted by Crippen LogP contribution is 2.21.